The van der Waals surface area contributed by atoms with E-state index in [1.165, 1.54) is 23.3 Å². The van der Waals surface area contributed by atoms with E-state index < -0.39 is 0 Å². The second-order valence-electron chi connectivity index (χ2n) is 6.48. The Labute approximate surface area is 155 Å². The molecule has 1 aromatic carbocycles. The lowest BCUT2D eigenvalue weighted by atomic mass is 9.93. The second-order valence-corrected chi connectivity index (χ2v) is 8.33. The molecule has 4 rings (SSSR count). The van der Waals surface area contributed by atoms with Crippen molar-refractivity contribution in [2.75, 3.05) is 13.1 Å². The number of fused-ring (bicyclic) bond motifs is 1. The first-order valence-electron chi connectivity index (χ1n) is 8.27. The molecule has 2 N–H and O–H groups in total. The molecule has 2 heterocycles. The summed E-state index contributed by atoms with van der Waals surface area (Å²) in [6.07, 6.45) is 3.38. The lowest BCUT2D eigenvalue weighted by Gasteiger charge is -2.36. The molecular weight excluding hydrogens is 363 g/mol. The smallest absolute Gasteiger partial charge is 0.278 e. The van der Waals surface area contributed by atoms with Crippen LogP contribution in [0, 0.1) is 0 Å². The van der Waals surface area contributed by atoms with Crippen LogP contribution in [-0.2, 0) is 11.2 Å². The van der Waals surface area contributed by atoms with Gasteiger partial charge in [0.1, 0.15) is 0 Å². The first-order chi connectivity index (χ1) is 11.6. The topological polar surface area (TPSA) is 36.9 Å². The van der Waals surface area contributed by atoms with Crippen molar-refractivity contribution >= 4 is 40.4 Å². The lowest BCUT2D eigenvalue weighted by Crippen LogP contribution is -2.88. The molecule has 0 radical (unpaired) electrons. The number of hydrogen-bond acceptors (Lipinski definition) is 2. The molecule has 0 bridgehead atoms. The third kappa shape index (κ3) is 3.21. The van der Waals surface area contributed by atoms with E-state index in [-0.39, 0.29) is 11.9 Å². The Morgan fingerprint density at radius 1 is 1.25 bits per heavy atom. The third-order valence-corrected chi connectivity index (χ3v) is 6.35. The maximum absolute atomic E-state index is 12.9. The summed E-state index contributed by atoms with van der Waals surface area (Å²) in [5.41, 5.74) is 2.16. The Morgan fingerprint density at radius 3 is 2.83 bits per heavy atom. The van der Waals surface area contributed by atoms with E-state index in [0.29, 0.717) is 22.6 Å². The number of carbonyl (C=O) groups is 1. The molecule has 6 heteroatoms. The minimum atomic E-state index is -0.107. The van der Waals surface area contributed by atoms with E-state index in [2.05, 4.69) is 16.8 Å². The van der Waals surface area contributed by atoms with Gasteiger partial charge in [0, 0.05) is 34.3 Å². The van der Waals surface area contributed by atoms with Crippen LogP contribution in [0.25, 0.3) is 0 Å². The Kier molecular flexibility index (Phi) is 4.56. The monoisotopic (exact) mass is 381 g/mol. The molecule has 1 aliphatic carbocycles. The van der Waals surface area contributed by atoms with Crippen molar-refractivity contribution in [2.45, 2.75) is 31.3 Å². The number of amides is 1. The first kappa shape index (κ1) is 16.4. The summed E-state index contributed by atoms with van der Waals surface area (Å²) in [4.78, 5) is 16.2. The second kappa shape index (κ2) is 6.68. The van der Waals surface area contributed by atoms with Gasteiger partial charge in [-0.3, -0.25) is 4.79 Å². The Bertz CT molecular complexity index is 772. The average molecular weight is 382 g/mol. The van der Waals surface area contributed by atoms with E-state index in [1.807, 2.05) is 17.0 Å². The number of rotatable bonds is 4. The van der Waals surface area contributed by atoms with Gasteiger partial charge in [0.05, 0.1) is 12.1 Å². The van der Waals surface area contributed by atoms with Crippen LogP contribution in [0.5, 0.6) is 0 Å². The predicted molar refractivity (Wildman–Crippen MR) is 97.9 cm³/mol. The van der Waals surface area contributed by atoms with Gasteiger partial charge in [0.15, 0.2) is 6.54 Å². The standard InChI is InChI=1S/C18H18Cl2N2OS/c19-11-1-4-13(15(20)9-11)18-14-6-8-24-16(14)5-7-22(18)17(23)10-21-12-2-3-12/h1,4,6,8-9,12,18,21H,2-3,5,7,10H2/p+1/t18-/m0/s1. The van der Waals surface area contributed by atoms with E-state index >= 15 is 0 Å². The molecule has 1 atom stereocenters. The largest absolute Gasteiger partial charge is 0.336 e. The van der Waals surface area contributed by atoms with Crippen LogP contribution in [-0.4, -0.2) is 29.9 Å². The highest BCUT2D eigenvalue weighted by molar-refractivity contribution is 7.10. The molecule has 2 aromatic rings. The molecule has 24 heavy (non-hydrogen) atoms. The van der Waals surface area contributed by atoms with Crippen LogP contribution in [0.1, 0.15) is 34.9 Å². The molecule has 1 aliphatic heterocycles. The molecule has 3 nitrogen and oxygen atoms in total. The van der Waals surface area contributed by atoms with Gasteiger partial charge >= 0.3 is 0 Å². The van der Waals surface area contributed by atoms with Gasteiger partial charge < -0.3 is 10.2 Å². The summed E-state index contributed by atoms with van der Waals surface area (Å²) in [5.74, 6) is 0.190. The van der Waals surface area contributed by atoms with Gasteiger partial charge in [-0.25, -0.2) is 0 Å². The fourth-order valence-corrected chi connectivity index (χ4v) is 4.78. The highest BCUT2D eigenvalue weighted by atomic mass is 35.5. The predicted octanol–water partition coefficient (Wildman–Crippen LogP) is 3.25. The molecule has 126 valence electrons. The minimum absolute atomic E-state index is 0.107. The van der Waals surface area contributed by atoms with Gasteiger partial charge in [-0.05, 0) is 41.1 Å². The lowest BCUT2D eigenvalue weighted by molar-refractivity contribution is -0.658. The number of nitrogens with two attached hydrogens (primary N) is 1. The van der Waals surface area contributed by atoms with Crippen molar-refractivity contribution in [2.24, 2.45) is 0 Å². The maximum atomic E-state index is 12.9. The number of carbonyl (C=O) groups excluding carboxylic acids is 1. The summed E-state index contributed by atoms with van der Waals surface area (Å²) < 4.78 is 0. The number of quaternary nitrogens is 1. The molecule has 0 spiro atoms. The summed E-state index contributed by atoms with van der Waals surface area (Å²) in [7, 11) is 0. The first-order valence-corrected chi connectivity index (χ1v) is 9.91. The van der Waals surface area contributed by atoms with E-state index in [9.17, 15) is 4.79 Å². The quantitative estimate of drug-likeness (QED) is 0.866. The van der Waals surface area contributed by atoms with Crippen LogP contribution in [0.2, 0.25) is 10.0 Å². The summed E-state index contributed by atoms with van der Waals surface area (Å²) in [5, 5.41) is 5.51. The Hall–Kier alpha value is -1.07. The highest BCUT2D eigenvalue weighted by Gasteiger charge is 2.35. The summed E-state index contributed by atoms with van der Waals surface area (Å²) in [6, 6.07) is 8.23. The zero-order valence-electron chi connectivity index (χ0n) is 13.2. The molecule has 1 aromatic heterocycles. The van der Waals surface area contributed by atoms with Crippen LogP contribution in [0.4, 0.5) is 0 Å². The SMILES string of the molecule is O=C(C[NH2+]C1CC1)N1CCc2sccc2[C@@H]1c1ccc(Cl)cc1Cl. The van der Waals surface area contributed by atoms with Crippen molar-refractivity contribution in [1.82, 2.24) is 4.90 Å². The zero-order chi connectivity index (χ0) is 16.7. The fourth-order valence-electron chi connectivity index (χ4n) is 3.36. The van der Waals surface area contributed by atoms with Crippen molar-refractivity contribution < 1.29 is 10.1 Å². The van der Waals surface area contributed by atoms with Crippen LogP contribution < -0.4 is 5.32 Å². The Balaban J connectivity index is 1.68. The normalized spacial score (nSPS) is 20.1. The third-order valence-electron chi connectivity index (χ3n) is 4.79. The number of nitrogens with zero attached hydrogens (tertiary/aromatic N) is 1. The number of thiophene rings is 1. The number of benzene rings is 1. The Morgan fingerprint density at radius 2 is 2.08 bits per heavy atom. The van der Waals surface area contributed by atoms with Crippen LogP contribution >= 0.6 is 34.5 Å². The van der Waals surface area contributed by atoms with Crippen molar-refractivity contribution in [1.29, 1.82) is 0 Å². The van der Waals surface area contributed by atoms with Crippen molar-refractivity contribution in [3.05, 3.63) is 55.7 Å². The van der Waals surface area contributed by atoms with E-state index in [4.69, 9.17) is 23.2 Å². The molecule has 1 fully saturated rings. The number of halogens is 2. The number of hydrogen-bond donors (Lipinski definition) is 1. The minimum Gasteiger partial charge on any atom is -0.336 e. The molecule has 0 unspecified atom stereocenters. The van der Waals surface area contributed by atoms with Crippen molar-refractivity contribution in [3.63, 3.8) is 0 Å². The highest BCUT2D eigenvalue weighted by Crippen LogP contribution is 2.40. The van der Waals surface area contributed by atoms with E-state index in [0.717, 1.165) is 18.5 Å². The molecule has 1 saturated carbocycles. The van der Waals surface area contributed by atoms with Gasteiger partial charge in [0.25, 0.3) is 5.91 Å². The zero-order valence-corrected chi connectivity index (χ0v) is 15.5. The summed E-state index contributed by atoms with van der Waals surface area (Å²) in [6.45, 7) is 1.26. The van der Waals surface area contributed by atoms with E-state index in [1.54, 1.807) is 17.4 Å². The van der Waals surface area contributed by atoms with Gasteiger partial charge in [-0.15, -0.1) is 11.3 Å². The molecular formula is C18H19Cl2N2OS+. The van der Waals surface area contributed by atoms with Gasteiger partial charge in [0.2, 0.25) is 0 Å². The molecule has 0 saturated heterocycles. The van der Waals surface area contributed by atoms with Gasteiger partial charge in [-0.2, -0.15) is 0 Å². The maximum Gasteiger partial charge on any atom is 0.278 e. The average Bonchev–Trinajstić information content (AvgIpc) is 3.27. The molecule has 1 amide bonds. The van der Waals surface area contributed by atoms with Gasteiger partial charge in [-0.1, -0.05) is 29.3 Å². The summed E-state index contributed by atoms with van der Waals surface area (Å²) >= 11 is 14.3. The van der Waals surface area contributed by atoms with Crippen LogP contribution in [0.15, 0.2) is 29.6 Å². The molecule has 2 aliphatic rings. The van der Waals surface area contributed by atoms with Crippen molar-refractivity contribution in [3.8, 4) is 0 Å². The fraction of sp³-hybridized carbons (Fsp3) is 0.389. The van der Waals surface area contributed by atoms with Crippen LogP contribution in [0.3, 0.4) is 0 Å².